The van der Waals surface area contributed by atoms with Crippen LogP contribution in [-0.4, -0.2) is 16.1 Å². The normalized spacial score (nSPS) is 21.6. The molecule has 0 saturated heterocycles. The van der Waals surface area contributed by atoms with Gasteiger partial charge in [-0.15, -0.1) is 0 Å². The van der Waals surface area contributed by atoms with Crippen LogP contribution in [0.5, 0.6) is 0 Å². The van der Waals surface area contributed by atoms with Gasteiger partial charge in [-0.25, -0.2) is 9.78 Å². The van der Waals surface area contributed by atoms with Crippen molar-refractivity contribution in [3.63, 3.8) is 0 Å². The van der Waals surface area contributed by atoms with E-state index >= 15 is 0 Å². The van der Waals surface area contributed by atoms with Crippen molar-refractivity contribution in [2.45, 2.75) is 56.8 Å². The van der Waals surface area contributed by atoms with Crippen LogP contribution >= 0.6 is 0 Å². The first kappa shape index (κ1) is 10.8. The van der Waals surface area contributed by atoms with Crippen LogP contribution in [0, 0.1) is 0 Å². The van der Waals surface area contributed by atoms with Crippen molar-refractivity contribution in [2.24, 2.45) is 0 Å². The third-order valence-corrected chi connectivity index (χ3v) is 4.06. The molecule has 0 unspecified atom stereocenters. The van der Waals surface area contributed by atoms with Crippen LogP contribution < -0.4 is 0 Å². The Morgan fingerprint density at radius 3 is 2.29 bits per heavy atom. The van der Waals surface area contributed by atoms with Gasteiger partial charge in [-0.05, 0) is 25.7 Å². The van der Waals surface area contributed by atoms with Gasteiger partial charge in [0.1, 0.15) is 0 Å². The lowest BCUT2D eigenvalue weighted by Gasteiger charge is -2.21. The van der Waals surface area contributed by atoms with E-state index in [2.05, 4.69) is 4.98 Å². The molecule has 2 saturated carbocycles. The highest BCUT2D eigenvalue weighted by atomic mass is 16.4. The highest BCUT2D eigenvalue weighted by Gasteiger charge is 2.32. The third kappa shape index (κ3) is 1.85. The average Bonchev–Trinajstić information content (AvgIpc) is 2.79. The molecule has 1 aromatic rings. The standard InChI is InChI=1S/C13H17NO3/c15-13(16)11-10(8-4-1-2-5-8)14-12(17-11)9-6-3-7-9/h8-9H,1-7H2,(H,15,16). The van der Waals surface area contributed by atoms with Crippen molar-refractivity contribution in [2.75, 3.05) is 0 Å². The third-order valence-electron chi connectivity index (χ3n) is 4.06. The summed E-state index contributed by atoms with van der Waals surface area (Å²) in [7, 11) is 0. The Labute approximate surface area is 100 Å². The predicted octanol–water partition coefficient (Wildman–Crippen LogP) is 3.30. The van der Waals surface area contributed by atoms with Gasteiger partial charge in [0, 0.05) is 11.8 Å². The highest BCUT2D eigenvalue weighted by Crippen LogP contribution is 2.40. The second-order valence-electron chi connectivity index (χ2n) is 5.18. The molecule has 1 N–H and O–H groups in total. The summed E-state index contributed by atoms with van der Waals surface area (Å²) in [6.07, 6.45) is 7.83. The van der Waals surface area contributed by atoms with E-state index in [-0.39, 0.29) is 5.76 Å². The zero-order chi connectivity index (χ0) is 11.8. The highest BCUT2D eigenvalue weighted by molar-refractivity contribution is 5.85. The first-order valence-electron chi connectivity index (χ1n) is 6.49. The molecule has 1 heterocycles. The Morgan fingerprint density at radius 2 is 1.76 bits per heavy atom. The minimum atomic E-state index is -0.968. The molecule has 2 aliphatic carbocycles. The van der Waals surface area contributed by atoms with Gasteiger partial charge in [-0.2, -0.15) is 0 Å². The van der Waals surface area contributed by atoms with Gasteiger partial charge in [0.25, 0.3) is 0 Å². The Kier molecular flexibility index (Phi) is 2.65. The molecule has 1 aromatic heterocycles. The van der Waals surface area contributed by atoms with E-state index in [9.17, 15) is 9.90 Å². The maximum atomic E-state index is 11.2. The Morgan fingerprint density at radius 1 is 1.12 bits per heavy atom. The molecular weight excluding hydrogens is 218 g/mol. The van der Waals surface area contributed by atoms with E-state index in [1.54, 1.807) is 0 Å². The number of carbonyl (C=O) groups is 1. The number of hydrogen-bond acceptors (Lipinski definition) is 3. The second kappa shape index (κ2) is 4.17. The summed E-state index contributed by atoms with van der Waals surface area (Å²) >= 11 is 0. The molecule has 4 heteroatoms. The molecule has 0 amide bonds. The van der Waals surface area contributed by atoms with Crippen molar-refractivity contribution in [1.29, 1.82) is 0 Å². The zero-order valence-corrected chi connectivity index (χ0v) is 9.82. The van der Waals surface area contributed by atoms with Crippen LogP contribution in [0.2, 0.25) is 0 Å². The van der Waals surface area contributed by atoms with Crippen molar-refractivity contribution in [1.82, 2.24) is 4.98 Å². The van der Waals surface area contributed by atoms with Crippen molar-refractivity contribution in [3.05, 3.63) is 17.3 Å². The molecule has 2 fully saturated rings. The number of aromatic nitrogens is 1. The van der Waals surface area contributed by atoms with Crippen molar-refractivity contribution in [3.8, 4) is 0 Å². The van der Waals surface area contributed by atoms with E-state index in [0.717, 1.165) is 25.7 Å². The maximum absolute atomic E-state index is 11.2. The monoisotopic (exact) mass is 235 g/mol. The molecule has 2 aliphatic rings. The number of hydrogen-bond donors (Lipinski definition) is 1. The van der Waals surface area contributed by atoms with Crippen LogP contribution in [0.25, 0.3) is 0 Å². The average molecular weight is 235 g/mol. The summed E-state index contributed by atoms with van der Waals surface area (Å²) in [4.78, 5) is 15.7. The number of carboxylic acid groups (broad SMARTS) is 1. The van der Waals surface area contributed by atoms with Gasteiger partial charge >= 0.3 is 5.97 Å². The lowest BCUT2D eigenvalue weighted by Crippen LogP contribution is -2.09. The molecule has 17 heavy (non-hydrogen) atoms. The van der Waals surface area contributed by atoms with Crippen LogP contribution in [-0.2, 0) is 0 Å². The van der Waals surface area contributed by atoms with E-state index in [0.29, 0.717) is 23.4 Å². The van der Waals surface area contributed by atoms with Crippen LogP contribution in [0.15, 0.2) is 4.42 Å². The summed E-state index contributed by atoms with van der Waals surface area (Å²) in [5.41, 5.74) is 0.705. The molecule has 0 spiro atoms. The van der Waals surface area contributed by atoms with Gasteiger partial charge in [0.15, 0.2) is 5.89 Å². The predicted molar refractivity (Wildman–Crippen MR) is 61.3 cm³/mol. The molecule has 0 aliphatic heterocycles. The van der Waals surface area contributed by atoms with Gasteiger partial charge in [0.2, 0.25) is 5.76 Å². The van der Waals surface area contributed by atoms with Crippen molar-refractivity contribution >= 4 is 5.97 Å². The molecule has 0 radical (unpaired) electrons. The fraction of sp³-hybridized carbons (Fsp3) is 0.692. The second-order valence-corrected chi connectivity index (χ2v) is 5.18. The van der Waals surface area contributed by atoms with Crippen LogP contribution in [0.4, 0.5) is 0 Å². The number of rotatable bonds is 3. The first-order valence-corrected chi connectivity index (χ1v) is 6.49. The van der Waals surface area contributed by atoms with Crippen LogP contribution in [0.1, 0.15) is 78.9 Å². The number of aromatic carboxylic acids is 1. The van der Waals surface area contributed by atoms with Gasteiger partial charge in [-0.1, -0.05) is 19.3 Å². The molecular formula is C13H17NO3. The molecule has 92 valence electrons. The zero-order valence-electron chi connectivity index (χ0n) is 9.82. The lowest BCUT2D eigenvalue weighted by molar-refractivity contribution is 0.0656. The van der Waals surface area contributed by atoms with E-state index in [4.69, 9.17) is 4.42 Å². The maximum Gasteiger partial charge on any atom is 0.373 e. The number of nitrogens with zero attached hydrogens (tertiary/aromatic N) is 1. The minimum absolute atomic E-state index is 0.0961. The van der Waals surface area contributed by atoms with Gasteiger partial charge < -0.3 is 9.52 Å². The fourth-order valence-corrected chi connectivity index (χ4v) is 2.81. The topological polar surface area (TPSA) is 63.3 Å². The van der Waals surface area contributed by atoms with E-state index in [1.807, 2.05) is 0 Å². The van der Waals surface area contributed by atoms with E-state index in [1.165, 1.54) is 19.3 Å². The SMILES string of the molecule is O=C(O)c1oc(C2CCC2)nc1C1CCCC1. The summed E-state index contributed by atoms with van der Waals surface area (Å²) in [5, 5.41) is 9.18. The lowest BCUT2D eigenvalue weighted by atomic mass is 9.85. The quantitative estimate of drug-likeness (QED) is 0.873. The largest absolute Gasteiger partial charge is 0.475 e. The Balaban J connectivity index is 1.93. The minimum Gasteiger partial charge on any atom is -0.475 e. The first-order chi connectivity index (χ1) is 8.25. The van der Waals surface area contributed by atoms with E-state index < -0.39 is 5.97 Å². The Hall–Kier alpha value is -1.32. The fourth-order valence-electron chi connectivity index (χ4n) is 2.81. The molecule has 3 rings (SSSR count). The summed E-state index contributed by atoms with van der Waals surface area (Å²) < 4.78 is 5.48. The van der Waals surface area contributed by atoms with Crippen molar-refractivity contribution < 1.29 is 14.3 Å². The number of oxazole rings is 1. The summed E-state index contributed by atoms with van der Waals surface area (Å²) in [6, 6.07) is 0. The van der Waals surface area contributed by atoms with Crippen LogP contribution in [0.3, 0.4) is 0 Å². The van der Waals surface area contributed by atoms with Gasteiger partial charge in [-0.3, -0.25) is 0 Å². The molecule has 0 atom stereocenters. The molecule has 0 bridgehead atoms. The smallest absolute Gasteiger partial charge is 0.373 e. The molecule has 4 nitrogen and oxygen atoms in total. The van der Waals surface area contributed by atoms with Gasteiger partial charge in [0.05, 0.1) is 5.69 Å². The number of carboxylic acids is 1. The summed E-state index contributed by atoms with van der Waals surface area (Å²) in [6.45, 7) is 0. The summed E-state index contributed by atoms with van der Waals surface area (Å²) in [5.74, 6) is 0.459. The Bertz CT molecular complexity index is 428. The molecule has 0 aromatic carbocycles.